The van der Waals surface area contributed by atoms with Crippen molar-refractivity contribution in [2.75, 3.05) is 32.8 Å². The molecule has 0 aromatic carbocycles. The van der Waals surface area contributed by atoms with E-state index in [-0.39, 0.29) is 18.0 Å². The Morgan fingerprint density at radius 2 is 1.74 bits per heavy atom. The summed E-state index contributed by atoms with van der Waals surface area (Å²) in [7, 11) is 0. The van der Waals surface area contributed by atoms with Gasteiger partial charge in [0, 0.05) is 38.6 Å². The number of nitrogens with zero attached hydrogens (tertiary/aromatic N) is 2. The van der Waals surface area contributed by atoms with Crippen LogP contribution < -0.4 is 5.73 Å². The maximum absolute atomic E-state index is 12.0. The minimum Gasteiger partial charge on any atom is -0.450 e. The average molecular weight is 271 g/mol. The lowest BCUT2D eigenvalue weighted by Gasteiger charge is -2.34. The molecule has 1 unspecified atom stereocenters. The molecule has 0 aliphatic carbocycles. The fraction of sp³-hybridized carbons (Fsp3) is 0.846. The van der Waals surface area contributed by atoms with Crippen LogP contribution in [0, 0.1) is 0 Å². The Hall–Kier alpha value is -1.30. The van der Waals surface area contributed by atoms with Gasteiger partial charge in [0.15, 0.2) is 0 Å². The second kappa shape index (κ2) is 7.99. The van der Waals surface area contributed by atoms with Gasteiger partial charge in [0.1, 0.15) is 0 Å². The molecule has 6 nitrogen and oxygen atoms in total. The molecule has 1 atom stereocenters. The van der Waals surface area contributed by atoms with Crippen LogP contribution in [0.3, 0.4) is 0 Å². The number of carbonyl (C=O) groups is 2. The van der Waals surface area contributed by atoms with Gasteiger partial charge in [-0.3, -0.25) is 4.79 Å². The molecule has 2 amide bonds. The Bertz CT molecular complexity index is 302. The summed E-state index contributed by atoms with van der Waals surface area (Å²) in [5.41, 5.74) is 5.87. The van der Waals surface area contributed by atoms with Crippen LogP contribution in [0.2, 0.25) is 0 Å². The Morgan fingerprint density at radius 3 is 2.26 bits per heavy atom. The van der Waals surface area contributed by atoms with Gasteiger partial charge in [-0.05, 0) is 13.3 Å². The average Bonchev–Trinajstić information content (AvgIpc) is 2.39. The first-order chi connectivity index (χ1) is 9.08. The van der Waals surface area contributed by atoms with Crippen molar-refractivity contribution in [2.45, 2.75) is 39.2 Å². The van der Waals surface area contributed by atoms with Crippen LogP contribution in [0.4, 0.5) is 4.79 Å². The van der Waals surface area contributed by atoms with Gasteiger partial charge in [-0.1, -0.05) is 13.3 Å². The Labute approximate surface area is 114 Å². The highest BCUT2D eigenvalue weighted by Gasteiger charge is 2.25. The molecule has 0 aromatic rings. The molecule has 6 heteroatoms. The van der Waals surface area contributed by atoms with E-state index in [0.717, 1.165) is 12.8 Å². The van der Waals surface area contributed by atoms with Crippen LogP contribution in [-0.4, -0.2) is 60.6 Å². The van der Waals surface area contributed by atoms with Crippen molar-refractivity contribution in [2.24, 2.45) is 5.73 Å². The molecule has 1 aliphatic rings. The quantitative estimate of drug-likeness (QED) is 0.802. The van der Waals surface area contributed by atoms with Crippen molar-refractivity contribution < 1.29 is 14.3 Å². The highest BCUT2D eigenvalue weighted by atomic mass is 16.6. The molecule has 0 radical (unpaired) electrons. The fourth-order valence-corrected chi connectivity index (χ4v) is 2.18. The molecule has 0 bridgehead atoms. The number of amides is 2. The molecule has 1 rings (SSSR count). The van der Waals surface area contributed by atoms with E-state index >= 15 is 0 Å². The van der Waals surface area contributed by atoms with E-state index in [2.05, 4.69) is 6.92 Å². The van der Waals surface area contributed by atoms with Crippen molar-refractivity contribution in [3.05, 3.63) is 0 Å². The van der Waals surface area contributed by atoms with Crippen LogP contribution in [0.1, 0.15) is 33.1 Å². The molecule has 0 saturated carbocycles. The van der Waals surface area contributed by atoms with E-state index in [4.69, 9.17) is 10.5 Å². The predicted molar refractivity (Wildman–Crippen MR) is 72.7 cm³/mol. The molecular weight excluding hydrogens is 246 g/mol. The molecular formula is C13H25N3O3. The summed E-state index contributed by atoms with van der Waals surface area (Å²) >= 11 is 0. The van der Waals surface area contributed by atoms with Crippen molar-refractivity contribution in [3.8, 4) is 0 Å². The van der Waals surface area contributed by atoms with Crippen LogP contribution in [-0.2, 0) is 9.53 Å². The standard InChI is InChI=1S/C13H25N3O3/c1-3-5-11(14)10-12(17)15-6-8-16(9-7-15)13(18)19-4-2/h11H,3-10,14H2,1-2H3. The van der Waals surface area contributed by atoms with Crippen molar-refractivity contribution in [1.29, 1.82) is 0 Å². The molecule has 1 fully saturated rings. The Morgan fingerprint density at radius 1 is 1.16 bits per heavy atom. The van der Waals surface area contributed by atoms with Gasteiger partial charge in [0.05, 0.1) is 6.61 Å². The van der Waals surface area contributed by atoms with Gasteiger partial charge in [0.25, 0.3) is 0 Å². The molecule has 19 heavy (non-hydrogen) atoms. The van der Waals surface area contributed by atoms with Crippen LogP contribution >= 0.6 is 0 Å². The second-order valence-electron chi connectivity index (χ2n) is 4.82. The minimum absolute atomic E-state index is 0.0550. The van der Waals surface area contributed by atoms with Gasteiger partial charge in [-0.2, -0.15) is 0 Å². The first-order valence-corrected chi connectivity index (χ1v) is 7.03. The summed E-state index contributed by atoms with van der Waals surface area (Å²) in [4.78, 5) is 26.9. The van der Waals surface area contributed by atoms with Gasteiger partial charge in [-0.15, -0.1) is 0 Å². The van der Waals surface area contributed by atoms with Gasteiger partial charge in [-0.25, -0.2) is 4.79 Å². The zero-order valence-electron chi connectivity index (χ0n) is 11.9. The number of rotatable bonds is 5. The smallest absolute Gasteiger partial charge is 0.409 e. The zero-order valence-corrected chi connectivity index (χ0v) is 11.9. The maximum Gasteiger partial charge on any atom is 0.409 e. The van der Waals surface area contributed by atoms with Gasteiger partial charge in [0.2, 0.25) is 5.91 Å². The SMILES string of the molecule is CCCC(N)CC(=O)N1CCN(C(=O)OCC)CC1. The molecule has 1 saturated heterocycles. The molecule has 0 spiro atoms. The lowest BCUT2D eigenvalue weighted by Crippen LogP contribution is -2.51. The summed E-state index contributed by atoms with van der Waals surface area (Å²) in [6.45, 7) is 6.42. The van der Waals surface area contributed by atoms with Crippen LogP contribution in [0.5, 0.6) is 0 Å². The summed E-state index contributed by atoms with van der Waals surface area (Å²) in [6.07, 6.45) is 1.96. The summed E-state index contributed by atoms with van der Waals surface area (Å²) in [5.74, 6) is 0.0875. The van der Waals surface area contributed by atoms with E-state index in [0.29, 0.717) is 39.2 Å². The summed E-state index contributed by atoms with van der Waals surface area (Å²) in [5, 5.41) is 0. The number of nitrogens with two attached hydrogens (primary N) is 1. The van der Waals surface area contributed by atoms with Crippen LogP contribution in [0.25, 0.3) is 0 Å². The first kappa shape index (κ1) is 15.8. The monoisotopic (exact) mass is 271 g/mol. The number of ether oxygens (including phenoxy) is 1. The summed E-state index contributed by atoms with van der Waals surface area (Å²) in [6, 6.07) is -0.0550. The maximum atomic E-state index is 12.0. The lowest BCUT2D eigenvalue weighted by atomic mass is 10.1. The molecule has 0 aromatic heterocycles. The predicted octanol–water partition coefficient (Wildman–Crippen LogP) is 0.805. The van der Waals surface area contributed by atoms with E-state index in [1.807, 2.05) is 0 Å². The van der Waals surface area contributed by atoms with E-state index in [9.17, 15) is 9.59 Å². The highest BCUT2D eigenvalue weighted by Crippen LogP contribution is 2.08. The number of carbonyl (C=O) groups excluding carboxylic acids is 2. The highest BCUT2D eigenvalue weighted by molar-refractivity contribution is 5.77. The van der Waals surface area contributed by atoms with Crippen LogP contribution in [0.15, 0.2) is 0 Å². The van der Waals surface area contributed by atoms with Crippen molar-refractivity contribution >= 4 is 12.0 Å². The van der Waals surface area contributed by atoms with Crippen molar-refractivity contribution in [1.82, 2.24) is 9.80 Å². The molecule has 1 aliphatic heterocycles. The largest absolute Gasteiger partial charge is 0.450 e. The third-order valence-corrected chi connectivity index (χ3v) is 3.25. The number of hydrogen-bond donors (Lipinski definition) is 1. The second-order valence-corrected chi connectivity index (χ2v) is 4.82. The van der Waals surface area contributed by atoms with Crippen molar-refractivity contribution in [3.63, 3.8) is 0 Å². The van der Waals surface area contributed by atoms with E-state index < -0.39 is 0 Å². The van der Waals surface area contributed by atoms with E-state index in [1.54, 1.807) is 16.7 Å². The molecule has 1 heterocycles. The van der Waals surface area contributed by atoms with Gasteiger partial charge < -0.3 is 20.3 Å². The summed E-state index contributed by atoms with van der Waals surface area (Å²) < 4.78 is 4.94. The first-order valence-electron chi connectivity index (χ1n) is 7.03. The molecule has 2 N–H and O–H groups in total. The third kappa shape index (κ3) is 5.06. The van der Waals surface area contributed by atoms with Gasteiger partial charge >= 0.3 is 6.09 Å². The lowest BCUT2D eigenvalue weighted by molar-refractivity contribution is -0.133. The Balaban J connectivity index is 2.32. The third-order valence-electron chi connectivity index (χ3n) is 3.25. The number of piperazine rings is 1. The zero-order chi connectivity index (χ0) is 14.3. The Kier molecular flexibility index (Phi) is 6.62. The fourth-order valence-electron chi connectivity index (χ4n) is 2.18. The topological polar surface area (TPSA) is 75.9 Å². The molecule has 110 valence electrons. The van der Waals surface area contributed by atoms with E-state index in [1.165, 1.54) is 0 Å². The minimum atomic E-state index is -0.294. The normalized spacial score (nSPS) is 17.2. The number of hydrogen-bond acceptors (Lipinski definition) is 4.